The van der Waals surface area contributed by atoms with Crippen LogP contribution in [0.3, 0.4) is 0 Å². The molecule has 5 N–H and O–H groups in total. The molecule has 0 fully saturated rings. The fourth-order valence-corrected chi connectivity index (χ4v) is 1.76. The van der Waals surface area contributed by atoms with E-state index in [1.165, 1.54) is 0 Å². The van der Waals surface area contributed by atoms with Crippen molar-refractivity contribution in [2.45, 2.75) is 6.92 Å². The molecule has 1 aromatic carbocycles. The molecule has 0 heterocycles. The van der Waals surface area contributed by atoms with Crippen LogP contribution < -0.4 is 16.8 Å². The van der Waals surface area contributed by atoms with Crippen LogP contribution in [0, 0.1) is 0 Å². The summed E-state index contributed by atoms with van der Waals surface area (Å²) in [7, 11) is -0.729. The van der Waals surface area contributed by atoms with Gasteiger partial charge in [-0.3, -0.25) is 4.21 Å². The fraction of sp³-hybridized carbons (Fsp3) is 0.400. The first kappa shape index (κ1) is 11.8. The Morgan fingerprint density at radius 2 is 2.07 bits per heavy atom. The number of rotatable bonds is 5. The van der Waals surface area contributed by atoms with Gasteiger partial charge in [0.15, 0.2) is 0 Å². The Kier molecular flexibility index (Phi) is 4.42. The first-order valence-corrected chi connectivity index (χ1v) is 6.36. The standard InChI is InChI=1S/C10H17N3OS/c1-2-15(14)6-5-13-8-3-4-9(11)10(12)7-8/h3-4,7,13H,2,5-6,11-12H2,1H3. The molecule has 5 heteroatoms. The van der Waals surface area contributed by atoms with Crippen LogP contribution in [0.25, 0.3) is 0 Å². The fourth-order valence-electron chi connectivity index (χ4n) is 1.14. The highest BCUT2D eigenvalue weighted by molar-refractivity contribution is 7.84. The first-order chi connectivity index (χ1) is 7.13. The van der Waals surface area contributed by atoms with Gasteiger partial charge in [-0.15, -0.1) is 0 Å². The minimum absolute atomic E-state index is 0.566. The molecule has 0 aliphatic heterocycles. The zero-order valence-electron chi connectivity index (χ0n) is 8.82. The molecule has 1 aromatic rings. The Balaban J connectivity index is 2.44. The second-order valence-corrected chi connectivity index (χ2v) is 5.07. The second kappa shape index (κ2) is 5.60. The number of benzene rings is 1. The summed E-state index contributed by atoms with van der Waals surface area (Å²) >= 11 is 0. The quantitative estimate of drug-likeness (QED) is 0.656. The second-order valence-electron chi connectivity index (χ2n) is 3.20. The Morgan fingerprint density at radius 1 is 1.33 bits per heavy atom. The van der Waals surface area contributed by atoms with Crippen molar-refractivity contribution < 1.29 is 4.21 Å². The number of nitrogens with one attached hydrogen (secondary N) is 1. The van der Waals surface area contributed by atoms with E-state index in [0.29, 0.717) is 29.4 Å². The number of hydrogen-bond donors (Lipinski definition) is 3. The Morgan fingerprint density at radius 3 is 2.67 bits per heavy atom. The van der Waals surface area contributed by atoms with E-state index in [9.17, 15) is 4.21 Å². The van der Waals surface area contributed by atoms with Crippen LogP contribution in [-0.4, -0.2) is 22.3 Å². The highest BCUT2D eigenvalue weighted by Gasteiger charge is 1.98. The van der Waals surface area contributed by atoms with Gasteiger partial charge in [0.25, 0.3) is 0 Å². The molecule has 4 nitrogen and oxygen atoms in total. The molecule has 84 valence electrons. The van der Waals surface area contributed by atoms with Gasteiger partial charge in [0.1, 0.15) is 0 Å². The molecule has 0 saturated carbocycles. The van der Waals surface area contributed by atoms with Gasteiger partial charge in [0.05, 0.1) is 11.4 Å². The van der Waals surface area contributed by atoms with Crippen LogP contribution in [0.15, 0.2) is 18.2 Å². The van der Waals surface area contributed by atoms with Gasteiger partial charge in [-0.2, -0.15) is 0 Å². The summed E-state index contributed by atoms with van der Waals surface area (Å²) in [4.78, 5) is 0. The van der Waals surface area contributed by atoms with Gasteiger partial charge in [0.2, 0.25) is 0 Å². The summed E-state index contributed by atoms with van der Waals surface area (Å²) in [6, 6.07) is 5.40. The largest absolute Gasteiger partial charge is 0.397 e. The van der Waals surface area contributed by atoms with E-state index in [1.54, 1.807) is 12.1 Å². The van der Waals surface area contributed by atoms with Crippen molar-refractivity contribution in [3.05, 3.63) is 18.2 Å². The average Bonchev–Trinajstić information content (AvgIpc) is 2.23. The Labute approximate surface area is 92.5 Å². The van der Waals surface area contributed by atoms with Crippen molar-refractivity contribution >= 4 is 27.9 Å². The van der Waals surface area contributed by atoms with E-state index in [2.05, 4.69) is 5.32 Å². The molecule has 0 spiro atoms. The summed E-state index contributed by atoms with van der Waals surface area (Å²) in [6.07, 6.45) is 0. The first-order valence-electron chi connectivity index (χ1n) is 4.87. The van der Waals surface area contributed by atoms with Crippen LogP contribution in [0.4, 0.5) is 17.1 Å². The van der Waals surface area contributed by atoms with Crippen LogP contribution in [0.2, 0.25) is 0 Å². The molecular weight excluding hydrogens is 210 g/mol. The average molecular weight is 227 g/mol. The predicted molar refractivity (Wildman–Crippen MR) is 67.3 cm³/mol. The molecule has 0 saturated heterocycles. The summed E-state index contributed by atoms with van der Waals surface area (Å²) in [5.41, 5.74) is 13.3. The third-order valence-corrected chi connectivity index (χ3v) is 3.37. The van der Waals surface area contributed by atoms with Gasteiger partial charge in [-0.1, -0.05) is 6.92 Å². The minimum Gasteiger partial charge on any atom is -0.397 e. The van der Waals surface area contributed by atoms with Crippen molar-refractivity contribution in [2.75, 3.05) is 34.8 Å². The molecule has 0 amide bonds. The maximum Gasteiger partial charge on any atom is 0.0568 e. The van der Waals surface area contributed by atoms with Gasteiger partial charge in [-0.25, -0.2) is 0 Å². The Bertz CT molecular complexity index is 355. The molecule has 0 aromatic heterocycles. The minimum atomic E-state index is -0.729. The van der Waals surface area contributed by atoms with E-state index in [1.807, 2.05) is 13.0 Å². The molecule has 0 aliphatic rings. The van der Waals surface area contributed by atoms with Crippen LogP contribution >= 0.6 is 0 Å². The predicted octanol–water partition coefficient (Wildman–Crippen LogP) is 1.03. The molecule has 0 aliphatic carbocycles. The van der Waals surface area contributed by atoms with Crippen molar-refractivity contribution in [1.29, 1.82) is 0 Å². The van der Waals surface area contributed by atoms with Gasteiger partial charge in [0, 0.05) is 34.5 Å². The topological polar surface area (TPSA) is 81.1 Å². The lowest BCUT2D eigenvalue weighted by Crippen LogP contribution is -2.12. The maximum atomic E-state index is 11.1. The van der Waals surface area contributed by atoms with Crippen LogP contribution in [-0.2, 0) is 10.8 Å². The number of nitrogens with two attached hydrogens (primary N) is 2. The number of anilines is 3. The summed E-state index contributed by atoms with van der Waals surface area (Å²) in [5.74, 6) is 1.35. The molecule has 1 rings (SSSR count). The molecule has 15 heavy (non-hydrogen) atoms. The van der Waals surface area contributed by atoms with Gasteiger partial charge in [-0.05, 0) is 18.2 Å². The third kappa shape index (κ3) is 3.79. The molecule has 1 atom stereocenters. The molecular formula is C10H17N3OS. The SMILES string of the molecule is CCS(=O)CCNc1ccc(N)c(N)c1. The number of nitrogen functional groups attached to an aromatic ring is 2. The van der Waals surface area contributed by atoms with E-state index >= 15 is 0 Å². The smallest absolute Gasteiger partial charge is 0.0568 e. The monoisotopic (exact) mass is 227 g/mol. The van der Waals surface area contributed by atoms with E-state index in [-0.39, 0.29) is 0 Å². The molecule has 0 bridgehead atoms. The van der Waals surface area contributed by atoms with Crippen LogP contribution in [0.1, 0.15) is 6.92 Å². The Hall–Kier alpha value is -1.23. The highest BCUT2D eigenvalue weighted by Crippen LogP contribution is 2.19. The molecule has 0 radical (unpaired) electrons. The van der Waals surface area contributed by atoms with E-state index < -0.39 is 10.8 Å². The maximum absolute atomic E-state index is 11.1. The summed E-state index contributed by atoms with van der Waals surface area (Å²) < 4.78 is 11.1. The highest BCUT2D eigenvalue weighted by atomic mass is 32.2. The van der Waals surface area contributed by atoms with Crippen molar-refractivity contribution in [1.82, 2.24) is 0 Å². The van der Waals surface area contributed by atoms with Gasteiger partial charge >= 0.3 is 0 Å². The van der Waals surface area contributed by atoms with Crippen LogP contribution in [0.5, 0.6) is 0 Å². The van der Waals surface area contributed by atoms with Crippen molar-refractivity contribution in [3.63, 3.8) is 0 Å². The lowest BCUT2D eigenvalue weighted by atomic mass is 10.2. The lowest BCUT2D eigenvalue weighted by Gasteiger charge is -2.07. The van der Waals surface area contributed by atoms with Crippen molar-refractivity contribution in [2.24, 2.45) is 0 Å². The summed E-state index contributed by atoms with van der Waals surface area (Å²) in [6.45, 7) is 2.60. The van der Waals surface area contributed by atoms with E-state index in [4.69, 9.17) is 11.5 Å². The van der Waals surface area contributed by atoms with Gasteiger partial charge < -0.3 is 16.8 Å². The zero-order valence-corrected chi connectivity index (χ0v) is 9.64. The van der Waals surface area contributed by atoms with E-state index in [0.717, 1.165) is 5.69 Å². The summed E-state index contributed by atoms with van der Waals surface area (Å²) in [5, 5.41) is 3.15. The zero-order chi connectivity index (χ0) is 11.3. The molecule has 1 unspecified atom stereocenters. The lowest BCUT2D eigenvalue weighted by molar-refractivity contribution is 0.684. The number of hydrogen-bond acceptors (Lipinski definition) is 4. The van der Waals surface area contributed by atoms with Crippen molar-refractivity contribution in [3.8, 4) is 0 Å². The normalized spacial score (nSPS) is 12.3. The third-order valence-electron chi connectivity index (χ3n) is 2.07.